The van der Waals surface area contributed by atoms with E-state index in [0.29, 0.717) is 0 Å². The minimum atomic E-state index is -1.02. The number of nitrogens with two attached hydrogens (primary N) is 1. The van der Waals surface area contributed by atoms with Crippen LogP contribution in [0.3, 0.4) is 0 Å². The van der Waals surface area contributed by atoms with Crippen LogP contribution in [-0.2, 0) is 9.59 Å². The van der Waals surface area contributed by atoms with Crippen LogP contribution in [0.1, 0.15) is 33.6 Å². The van der Waals surface area contributed by atoms with Crippen LogP contribution in [0.2, 0.25) is 0 Å². The second kappa shape index (κ2) is 7.40. The quantitative estimate of drug-likeness (QED) is 0.359. The van der Waals surface area contributed by atoms with Gasteiger partial charge in [-0.2, -0.15) is 0 Å². The van der Waals surface area contributed by atoms with E-state index < -0.39 is 12.1 Å². The number of carbonyl (C=O) groups is 2. The Morgan fingerprint density at radius 3 is 2.50 bits per heavy atom. The van der Waals surface area contributed by atoms with Crippen LogP contribution in [0.5, 0.6) is 0 Å². The Balaban J connectivity index is 3.21. The predicted octanol–water partition coefficient (Wildman–Crippen LogP) is 0.481. The fourth-order valence-electron chi connectivity index (χ4n) is 3.05. The Kier molecular flexibility index (Phi) is 6.11. The summed E-state index contributed by atoms with van der Waals surface area (Å²) in [5, 5.41) is 29.5. The molecular formula is C15H25N3O4. The van der Waals surface area contributed by atoms with Gasteiger partial charge in [-0.25, -0.2) is 4.79 Å². The van der Waals surface area contributed by atoms with E-state index in [9.17, 15) is 19.8 Å². The summed E-state index contributed by atoms with van der Waals surface area (Å²) in [6.45, 7) is 4.87. The average Bonchev–Trinajstić information content (AvgIpc) is 2.38. The highest BCUT2D eigenvalue weighted by Crippen LogP contribution is 2.36. The summed E-state index contributed by atoms with van der Waals surface area (Å²) in [4.78, 5) is 22.9. The van der Waals surface area contributed by atoms with Gasteiger partial charge in [-0.1, -0.05) is 13.0 Å². The van der Waals surface area contributed by atoms with Gasteiger partial charge in [-0.3, -0.25) is 10.2 Å². The molecule has 0 fully saturated rings. The third-order valence-corrected chi connectivity index (χ3v) is 4.33. The maximum Gasteiger partial charge on any atom is 0.331 e. The van der Waals surface area contributed by atoms with Crippen molar-refractivity contribution in [2.75, 3.05) is 0 Å². The predicted molar refractivity (Wildman–Crippen MR) is 82.3 cm³/mol. The molecule has 1 rings (SSSR count). The van der Waals surface area contributed by atoms with Crippen LogP contribution in [0.4, 0.5) is 0 Å². The Labute approximate surface area is 130 Å². The van der Waals surface area contributed by atoms with Gasteiger partial charge in [0.1, 0.15) is 0 Å². The van der Waals surface area contributed by atoms with Crippen molar-refractivity contribution in [3.8, 4) is 0 Å². The number of amidine groups is 1. The van der Waals surface area contributed by atoms with Gasteiger partial charge in [0.25, 0.3) is 0 Å². The SMILES string of the molecule is CC(=O)N[C@H]1[C@H]([C@H](C)[C@@H](C)O)CC(C(=O)O)=C[C@@H]1CC(=N)N. The Bertz CT molecular complexity index is 487. The van der Waals surface area contributed by atoms with E-state index >= 15 is 0 Å². The van der Waals surface area contributed by atoms with Crippen LogP contribution in [0.25, 0.3) is 0 Å². The van der Waals surface area contributed by atoms with Gasteiger partial charge in [0, 0.05) is 30.9 Å². The third kappa shape index (κ3) is 4.56. The Morgan fingerprint density at radius 2 is 2.09 bits per heavy atom. The average molecular weight is 311 g/mol. The first kappa shape index (κ1) is 18.2. The third-order valence-electron chi connectivity index (χ3n) is 4.33. The Morgan fingerprint density at radius 1 is 1.50 bits per heavy atom. The zero-order valence-electron chi connectivity index (χ0n) is 13.2. The molecule has 0 aromatic carbocycles. The van der Waals surface area contributed by atoms with Gasteiger partial charge in [0.15, 0.2) is 0 Å². The smallest absolute Gasteiger partial charge is 0.331 e. The zero-order valence-corrected chi connectivity index (χ0v) is 13.2. The highest BCUT2D eigenvalue weighted by atomic mass is 16.4. The maximum atomic E-state index is 11.5. The van der Waals surface area contributed by atoms with E-state index in [2.05, 4.69) is 5.32 Å². The van der Waals surface area contributed by atoms with Crippen molar-refractivity contribution in [3.63, 3.8) is 0 Å². The lowest BCUT2D eigenvalue weighted by Gasteiger charge is -2.40. The number of aliphatic hydroxyl groups is 1. The molecule has 0 heterocycles. The number of carbonyl (C=O) groups excluding carboxylic acids is 1. The number of aliphatic hydroxyl groups excluding tert-OH is 1. The maximum absolute atomic E-state index is 11.5. The minimum Gasteiger partial charge on any atom is -0.478 e. The molecule has 0 aromatic rings. The molecule has 0 unspecified atom stereocenters. The molecule has 124 valence electrons. The molecule has 0 aliphatic heterocycles. The molecule has 0 spiro atoms. The van der Waals surface area contributed by atoms with E-state index in [0.717, 1.165) is 0 Å². The summed E-state index contributed by atoms with van der Waals surface area (Å²) >= 11 is 0. The van der Waals surface area contributed by atoms with Crippen molar-refractivity contribution < 1.29 is 19.8 Å². The summed E-state index contributed by atoms with van der Waals surface area (Å²) < 4.78 is 0. The number of aliphatic carboxylic acids is 1. The van der Waals surface area contributed by atoms with Gasteiger partial charge >= 0.3 is 5.97 Å². The zero-order chi connectivity index (χ0) is 17.0. The second-order valence-electron chi connectivity index (χ2n) is 6.08. The van der Waals surface area contributed by atoms with E-state index in [1.165, 1.54) is 6.92 Å². The summed E-state index contributed by atoms with van der Waals surface area (Å²) in [7, 11) is 0. The molecule has 7 heteroatoms. The van der Waals surface area contributed by atoms with Gasteiger partial charge in [0.05, 0.1) is 11.9 Å². The number of nitrogens with one attached hydrogen (secondary N) is 2. The molecule has 1 amide bonds. The molecule has 0 saturated carbocycles. The highest BCUT2D eigenvalue weighted by molar-refractivity contribution is 5.87. The number of hydrogen-bond donors (Lipinski definition) is 5. The lowest BCUT2D eigenvalue weighted by Crippen LogP contribution is -2.50. The van der Waals surface area contributed by atoms with E-state index in [4.69, 9.17) is 11.1 Å². The van der Waals surface area contributed by atoms with Gasteiger partial charge in [-0.05, 0) is 25.2 Å². The first-order valence-corrected chi connectivity index (χ1v) is 7.35. The molecule has 5 atom stereocenters. The van der Waals surface area contributed by atoms with Crippen LogP contribution >= 0.6 is 0 Å². The first-order chi connectivity index (χ1) is 10.1. The number of hydrogen-bond acceptors (Lipinski definition) is 4. The molecular weight excluding hydrogens is 286 g/mol. The van der Waals surface area contributed by atoms with E-state index in [1.807, 2.05) is 6.92 Å². The van der Waals surface area contributed by atoms with E-state index in [1.54, 1.807) is 13.0 Å². The van der Waals surface area contributed by atoms with Crippen molar-refractivity contribution >= 4 is 17.7 Å². The highest BCUT2D eigenvalue weighted by Gasteiger charge is 2.39. The summed E-state index contributed by atoms with van der Waals surface area (Å²) in [5.74, 6) is -2.11. The van der Waals surface area contributed by atoms with Gasteiger partial charge in [-0.15, -0.1) is 0 Å². The fourth-order valence-corrected chi connectivity index (χ4v) is 3.05. The topological polar surface area (TPSA) is 137 Å². The lowest BCUT2D eigenvalue weighted by molar-refractivity contribution is -0.133. The first-order valence-electron chi connectivity index (χ1n) is 7.35. The van der Waals surface area contributed by atoms with E-state index in [-0.39, 0.29) is 54.0 Å². The van der Waals surface area contributed by atoms with Crippen molar-refractivity contribution in [3.05, 3.63) is 11.6 Å². The summed E-state index contributed by atoms with van der Waals surface area (Å²) in [6.07, 6.45) is 1.38. The normalized spacial score (nSPS) is 27.5. The number of rotatable bonds is 6. The van der Waals surface area contributed by atoms with Crippen molar-refractivity contribution in [1.29, 1.82) is 5.41 Å². The van der Waals surface area contributed by atoms with Crippen molar-refractivity contribution in [2.45, 2.75) is 45.8 Å². The number of carboxylic acids is 1. The summed E-state index contributed by atoms with van der Waals surface area (Å²) in [6, 6.07) is -0.353. The van der Waals surface area contributed by atoms with Crippen LogP contribution in [-0.4, -0.2) is 40.1 Å². The fraction of sp³-hybridized carbons (Fsp3) is 0.667. The molecule has 22 heavy (non-hydrogen) atoms. The van der Waals surface area contributed by atoms with Crippen molar-refractivity contribution in [1.82, 2.24) is 5.32 Å². The largest absolute Gasteiger partial charge is 0.478 e. The van der Waals surface area contributed by atoms with Gasteiger partial charge < -0.3 is 21.3 Å². The van der Waals surface area contributed by atoms with Crippen LogP contribution < -0.4 is 11.1 Å². The number of amides is 1. The molecule has 1 aliphatic rings. The monoisotopic (exact) mass is 311 g/mol. The van der Waals surface area contributed by atoms with Crippen LogP contribution in [0, 0.1) is 23.2 Å². The minimum absolute atomic E-state index is 0.0632. The molecule has 7 nitrogen and oxygen atoms in total. The number of carboxylic acid groups (broad SMARTS) is 1. The summed E-state index contributed by atoms with van der Waals surface area (Å²) in [5.41, 5.74) is 5.70. The van der Waals surface area contributed by atoms with Crippen LogP contribution in [0.15, 0.2) is 11.6 Å². The standard InChI is InChI=1S/C15H25N3O4/c1-7(8(2)19)12-5-11(15(21)22)4-10(6-13(16)17)14(12)18-9(3)20/h4,7-8,10,12,14,19H,5-6H2,1-3H3,(H3,16,17)(H,18,20)(H,21,22)/t7-,8-,10-,12+,14-/m1/s1. The molecule has 1 aliphatic carbocycles. The lowest BCUT2D eigenvalue weighted by atomic mass is 9.70. The molecule has 0 bridgehead atoms. The Hall–Kier alpha value is -1.89. The molecule has 0 aromatic heterocycles. The molecule has 0 saturated heterocycles. The van der Waals surface area contributed by atoms with Gasteiger partial charge in [0.2, 0.25) is 5.91 Å². The molecule has 0 radical (unpaired) electrons. The second-order valence-corrected chi connectivity index (χ2v) is 6.08. The molecule has 6 N–H and O–H groups in total. The van der Waals surface area contributed by atoms with Crippen molar-refractivity contribution in [2.24, 2.45) is 23.5 Å².